The fraction of sp³-hybridized carbons (Fsp3) is 0. The Labute approximate surface area is 301 Å². The van der Waals surface area contributed by atoms with E-state index in [9.17, 15) is 0 Å². The zero-order valence-corrected chi connectivity index (χ0v) is 28.2. The number of hydrogen-bond acceptors (Lipinski definition) is 3. The third kappa shape index (κ3) is 5.19. The predicted molar refractivity (Wildman–Crippen MR) is 217 cm³/mol. The lowest BCUT2D eigenvalue weighted by atomic mass is 9.90. The Morgan fingerprint density at radius 3 is 1.19 bits per heavy atom. The maximum absolute atomic E-state index is 4.97. The largest absolute Gasteiger partial charge is 0.208 e. The summed E-state index contributed by atoms with van der Waals surface area (Å²) in [6.07, 6.45) is 0. The van der Waals surface area contributed by atoms with E-state index in [4.69, 9.17) is 15.0 Å². The topological polar surface area (TPSA) is 38.7 Å². The van der Waals surface area contributed by atoms with E-state index in [0.717, 1.165) is 27.8 Å². The van der Waals surface area contributed by atoms with Gasteiger partial charge in [-0.15, -0.1) is 0 Å². The minimum absolute atomic E-state index is 0.645. The summed E-state index contributed by atoms with van der Waals surface area (Å²) in [4.78, 5) is 14.8. The molecule has 0 radical (unpaired) electrons. The van der Waals surface area contributed by atoms with Crippen molar-refractivity contribution in [2.45, 2.75) is 0 Å². The summed E-state index contributed by atoms with van der Waals surface area (Å²) >= 11 is 0. The Morgan fingerprint density at radius 1 is 0.231 bits per heavy atom. The first kappa shape index (κ1) is 29.9. The van der Waals surface area contributed by atoms with Gasteiger partial charge in [0.2, 0.25) is 0 Å². The van der Waals surface area contributed by atoms with E-state index in [1.807, 2.05) is 60.7 Å². The highest BCUT2D eigenvalue weighted by atomic mass is 15.0. The van der Waals surface area contributed by atoms with Gasteiger partial charge in [-0.1, -0.05) is 170 Å². The fourth-order valence-corrected chi connectivity index (χ4v) is 7.56. The molecule has 0 spiro atoms. The van der Waals surface area contributed by atoms with Crippen LogP contribution in [0.15, 0.2) is 188 Å². The number of hydrogen-bond donors (Lipinski definition) is 0. The van der Waals surface area contributed by atoms with Crippen LogP contribution in [0.2, 0.25) is 0 Å². The number of rotatable bonds is 5. The average molecular weight is 662 g/mol. The van der Waals surface area contributed by atoms with Crippen molar-refractivity contribution < 1.29 is 0 Å². The highest BCUT2D eigenvalue weighted by molar-refractivity contribution is 6.31. The molecule has 0 atom stereocenters. The maximum Gasteiger partial charge on any atom is 0.164 e. The Kier molecular flexibility index (Phi) is 7.14. The molecule has 1 heterocycles. The van der Waals surface area contributed by atoms with Crippen LogP contribution in [0, 0.1) is 0 Å². The van der Waals surface area contributed by atoms with Gasteiger partial charge in [0.05, 0.1) is 0 Å². The van der Waals surface area contributed by atoms with Crippen LogP contribution in [0.1, 0.15) is 0 Å². The monoisotopic (exact) mass is 661 g/mol. The summed E-state index contributed by atoms with van der Waals surface area (Å²) in [6, 6.07) is 66.5. The molecule has 1 aromatic heterocycles. The Balaban J connectivity index is 1.09. The molecule has 0 amide bonds. The van der Waals surface area contributed by atoms with Crippen LogP contribution in [-0.4, -0.2) is 15.0 Å². The van der Waals surface area contributed by atoms with Crippen LogP contribution in [0.5, 0.6) is 0 Å². The summed E-state index contributed by atoms with van der Waals surface area (Å²) in [5.74, 6) is 1.95. The standard InChI is InChI=1S/C49H31N3/c1-3-13-33(14-4-1)47-50-48(34-15-5-2-6-16-34)52-49(51-47)39-20-12-19-37(30-39)35-17-11-18-36(29-35)38-26-25-32-27-28-44-42-23-8-7-21-40(42)41-22-9-10-24-43(41)46(44)45(32)31-38/h1-31H. The summed E-state index contributed by atoms with van der Waals surface area (Å²) in [5.41, 5.74) is 7.45. The van der Waals surface area contributed by atoms with E-state index in [2.05, 4.69) is 127 Å². The number of benzene rings is 9. The van der Waals surface area contributed by atoms with Gasteiger partial charge in [0.1, 0.15) is 0 Å². The van der Waals surface area contributed by atoms with E-state index in [1.165, 1.54) is 54.2 Å². The molecular formula is C49H31N3. The smallest absolute Gasteiger partial charge is 0.164 e. The third-order valence-corrected chi connectivity index (χ3v) is 10.1. The lowest BCUT2D eigenvalue weighted by Crippen LogP contribution is -2.00. The summed E-state index contributed by atoms with van der Waals surface area (Å²) in [7, 11) is 0. The molecule has 9 aromatic carbocycles. The molecule has 0 N–H and O–H groups in total. The summed E-state index contributed by atoms with van der Waals surface area (Å²) < 4.78 is 0. The molecule has 10 aromatic rings. The molecule has 52 heavy (non-hydrogen) atoms. The molecule has 0 aliphatic rings. The molecule has 10 rings (SSSR count). The van der Waals surface area contributed by atoms with E-state index >= 15 is 0 Å². The van der Waals surface area contributed by atoms with Gasteiger partial charge < -0.3 is 0 Å². The van der Waals surface area contributed by atoms with Gasteiger partial charge in [-0.05, 0) is 83.5 Å². The van der Waals surface area contributed by atoms with Gasteiger partial charge in [-0.25, -0.2) is 15.0 Å². The highest BCUT2D eigenvalue weighted by Crippen LogP contribution is 2.40. The van der Waals surface area contributed by atoms with Gasteiger partial charge in [0.15, 0.2) is 17.5 Å². The van der Waals surface area contributed by atoms with Crippen molar-refractivity contribution in [3.63, 3.8) is 0 Å². The van der Waals surface area contributed by atoms with Crippen molar-refractivity contribution in [3.05, 3.63) is 188 Å². The first-order valence-corrected chi connectivity index (χ1v) is 17.6. The van der Waals surface area contributed by atoms with Crippen molar-refractivity contribution >= 4 is 43.1 Å². The number of fused-ring (bicyclic) bond motifs is 8. The first-order chi connectivity index (χ1) is 25.8. The van der Waals surface area contributed by atoms with Crippen molar-refractivity contribution in [3.8, 4) is 56.4 Å². The summed E-state index contributed by atoms with van der Waals surface area (Å²) in [6.45, 7) is 0. The Bertz CT molecular complexity index is 2860. The molecular weight excluding hydrogens is 631 g/mol. The second-order valence-electron chi connectivity index (χ2n) is 13.2. The number of nitrogens with zero attached hydrogens (tertiary/aromatic N) is 3. The van der Waals surface area contributed by atoms with Crippen LogP contribution >= 0.6 is 0 Å². The molecule has 242 valence electrons. The normalized spacial score (nSPS) is 11.5. The lowest BCUT2D eigenvalue weighted by Gasteiger charge is -2.14. The van der Waals surface area contributed by atoms with Gasteiger partial charge in [-0.2, -0.15) is 0 Å². The molecule has 0 unspecified atom stereocenters. The quantitative estimate of drug-likeness (QED) is 0.172. The lowest BCUT2D eigenvalue weighted by molar-refractivity contribution is 1.07. The van der Waals surface area contributed by atoms with E-state index < -0.39 is 0 Å². The van der Waals surface area contributed by atoms with Crippen LogP contribution < -0.4 is 0 Å². The first-order valence-electron chi connectivity index (χ1n) is 17.6. The van der Waals surface area contributed by atoms with Crippen molar-refractivity contribution in [1.82, 2.24) is 15.0 Å². The van der Waals surface area contributed by atoms with Crippen LogP contribution in [-0.2, 0) is 0 Å². The minimum Gasteiger partial charge on any atom is -0.208 e. The molecule has 0 fully saturated rings. The van der Waals surface area contributed by atoms with Crippen molar-refractivity contribution in [2.24, 2.45) is 0 Å². The molecule has 0 aliphatic carbocycles. The second-order valence-corrected chi connectivity index (χ2v) is 13.2. The van der Waals surface area contributed by atoms with Crippen LogP contribution in [0.3, 0.4) is 0 Å². The van der Waals surface area contributed by atoms with E-state index in [-0.39, 0.29) is 0 Å². The van der Waals surface area contributed by atoms with E-state index in [1.54, 1.807) is 0 Å². The van der Waals surface area contributed by atoms with E-state index in [0.29, 0.717) is 17.5 Å². The Morgan fingerprint density at radius 2 is 0.615 bits per heavy atom. The molecule has 3 heteroatoms. The SMILES string of the molecule is c1ccc(-c2nc(-c3ccccc3)nc(-c3cccc(-c4cccc(-c5ccc6ccc7c8ccccc8c8ccccc8c7c6c5)c4)c3)n2)cc1. The van der Waals surface area contributed by atoms with Gasteiger partial charge >= 0.3 is 0 Å². The molecule has 0 saturated carbocycles. The van der Waals surface area contributed by atoms with Crippen LogP contribution in [0.4, 0.5) is 0 Å². The third-order valence-electron chi connectivity index (χ3n) is 10.1. The molecule has 0 aliphatic heterocycles. The minimum atomic E-state index is 0.645. The highest BCUT2D eigenvalue weighted by Gasteiger charge is 2.15. The maximum atomic E-state index is 4.97. The molecule has 3 nitrogen and oxygen atoms in total. The van der Waals surface area contributed by atoms with Gasteiger partial charge in [0, 0.05) is 16.7 Å². The Hall–Kier alpha value is -6.97. The molecule has 0 bridgehead atoms. The average Bonchev–Trinajstić information content (AvgIpc) is 3.24. The predicted octanol–water partition coefficient (Wildman–Crippen LogP) is 12.8. The van der Waals surface area contributed by atoms with Gasteiger partial charge in [0.25, 0.3) is 0 Å². The zero-order valence-electron chi connectivity index (χ0n) is 28.2. The zero-order chi connectivity index (χ0) is 34.4. The van der Waals surface area contributed by atoms with Gasteiger partial charge in [-0.3, -0.25) is 0 Å². The summed E-state index contributed by atoms with van der Waals surface area (Å²) in [5, 5.41) is 10.2. The fourth-order valence-electron chi connectivity index (χ4n) is 7.56. The number of aromatic nitrogens is 3. The second kappa shape index (κ2) is 12.4. The molecule has 0 saturated heterocycles. The van der Waals surface area contributed by atoms with Crippen LogP contribution in [0.25, 0.3) is 99.5 Å². The van der Waals surface area contributed by atoms with Crippen molar-refractivity contribution in [2.75, 3.05) is 0 Å². The van der Waals surface area contributed by atoms with Crippen molar-refractivity contribution in [1.29, 1.82) is 0 Å².